The third kappa shape index (κ3) is 5.84. The Bertz CT molecular complexity index is 527. The molecule has 2 amide bonds. The Balaban J connectivity index is 1.73. The zero-order valence-corrected chi connectivity index (χ0v) is 14.1. The smallest absolute Gasteiger partial charge is 0.249 e. The quantitative estimate of drug-likeness (QED) is 0.827. The molecule has 1 fully saturated rings. The van der Waals surface area contributed by atoms with Gasteiger partial charge < -0.3 is 15.0 Å². The summed E-state index contributed by atoms with van der Waals surface area (Å²) in [6.07, 6.45) is 2.14. The largest absolute Gasteiger partial charge is 0.368 e. The first-order valence-electron chi connectivity index (χ1n) is 7.95. The molecule has 0 saturated carbocycles. The minimum Gasteiger partial charge on any atom is -0.368 e. The molecule has 1 unspecified atom stereocenters. The fraction of sp³-hybridized carbons (Fsp3) is 0.529. The van der Waals surface area contributed by atoms with Crippen molar-refractivity contribution in [1.82, 2.24) is 10.2 Å². The number of halogens is 1. The molecule has 0 aromatic heterocycles. The van der Waals surface area contributed by atoms with E-state index in [2.05, 4.69) is 5.32 Å². The van der Waals surface area contributed by atoms with E-state index < -0.39 is 0 Å². The molecular formula is C17H23ClN2O3. The van der Waals surface area contributed by atoms with E-state index in [1.807, 2.05) is 24.3 Å². The van der Waals surface area contributed by atoms with Crippen molar-refractivity contribution in [2.24, 2.45) is 0 Å². The average Bonchev–Trinajstić information content (AvgIpc) is 3.06. The van der Waals surface area contributed by atoms with Gasteiger partial charge in [-0.15, -0.1) is 0 Å². The molecule has 1 aliphatic heterocycles. The number of carbonyl (C=O) groups is 2. The highest BCUT2D eigenvalue weighted by atomic mass is 35.5. The fourth-order valence-electron chi connectivity index (χ4n) is 2.55. The first-order chi connectivity index (χ1) is 11.1. The van der Waals surface area contributed by atoms with E-state index in [9.17, 15) is 9.59 Å². The molecule has 1 N–H and O–H groups in total. The first kappa shape index (κ1) is 17.8. The standard InChI is InChI=1S/C17H23ClN2O3/c1-13(21)20(10-8-14-4-6-15(18)7-5-14)11-9-19-17(22)16-3-2-12-23-16/h4-7,16H,2-3,8-12H2,1H3,(H,19,22). The Morgan fingerprint density at radius 3 is 2.65 bits per heavy atom. The number of nitrogens with zero attached hydrogens (tertiary/aromatic N) is 1. The average molecular weight is 339 g/mol. The lowest BCUT2D eigenvalue weighted by molar-refractivity contribution is -0.132. The van der Waals surface area contributed by atoms with Gasteiger partial charge >= 0.3 is 0 Å². The fourth-order valence-corrected chi connectivity index (χ4v) is 2.68. The molecule has 0 bridgehead atoms. The lowest BCUT2D eigenvalue weighted by atomic mass is 10.1. The first-order valence-corrected chi connectivity index (χ1v) is 8.33. The molecule has 2 rings (SSSR count). The molecule has 0 aliphatic carbocycles. The summed E-state index contributed by atoms with van der Waals surface area (Å²) < 4.78 is 5.33. The van der Waals surface area contributed by atoms with Crippen LogP contribution in [0, 0.1) is 0 Å². The van der Waals surface area contributed by atoms with Gasteiger partial charge in [0.2, 0.25) is 11.8 Å². The van der Waals surface area contributed by atoms with Crippen LogP contribution in [0.5, 0.6) is 0 Å². The maximum atomic E-state index is 11.9. The van der Waals surface area contributed by atoms with Crippen LogP contribution in [0.2, 0.25) is 5.02 Å². The van der Waals surface area contributed by atoms with Crippen molar-refractivity contribution in [3.05, 3.63) is 34.9 Å². The van der Waals surface area contributed by atoms with Crippen molar-refractivity contribution in [1.29, 1.82) is 0 Å². The van der Waals surface area contributed by atoms with Crippen LogP contribution < -0.4 is 5.32 Å². The molecule has 1 heterocycles. The van der Waals surface area contributed by atoms with Crippen molar-refractivity contribution >= 4 is 23.4 Å². The number of carbonyl (C=O) groups excluding carboxylic acids is 2. The third-order valence-corrected chi connectivity index (χ3v) is 4.18. The molecular weight excluding hydrogens is 316 g/mol. The van der Waals surface area contributed by atoms with Crippen LogP contribution in [0.3, 0.4) is 0 Å². The van der Waals surface area contributed by atoms with Gasteiger partial charge in [0.1, 0.15) is 6.10 Å². The van der Waals surface area contributed by atoms with Crippen molar-refractivity contribution in [2.45, 2.75) is 32.3 Å². The van der Waals surface area contributed by atoms with E-state index in [1.54, 1.807) is 11.8 Å². The Kier molecular flexibility index (Phi) is 6.86. The molecule has 1 atom stereocenters. The van der Waals surface area contributed by atoms with Crippen LogP contribution in [0.1, 0.15) is 25.3 Å². The predicted molar refractivity (Wildman–Crippen MR) is 89.4 cm³/mol. The third-order valence-electron chi connectivity index (χ3n) is 3.93. The Labute approximate surface area is 141 Å². The predicted octanol–water partition coefficient (Wildman–Crippen LogP) is 2.03. The van der Waals surface area contributed by atoms with Crippen LogP contribution in [0.25, 0.3) is 0 Å². The van der Waals surface area contributed by atoms with Crippen molar-refractivity contribution in [3.63, 3.8) is 0 Å². The molecule has 0 radical (unpaired) electrons. The Hall–Kier alpha value is -1.59. The summed E-state index contributed by atoms with van der Waals surface area (Å²) >= 11 is 5.86. The van der Waals surface area contributed by atoms with E-state index in [4.69, 9.17) is 16.3 Å². The second kappa shape index (κ2) is 8.89. The van der Waals surface area contributed by atoms with Crippen molar-refractivity contribution < 1.29 is 14.3 Å². The van der Waals surface area contributed by atoms with Gasteiger partial charge in [0.05, 0.1) is 0 Å². The topological polar surface area (TPSA) is 58.6 Å². The van der Waals surface area contributed by atoms with Crippen LogP contribution in [0.4, 0.5) is 0 Å². The summed E-state index contributed by atoms with van der Waals surface area (Å²) in [6.45, 7) is 3.76. The second-order valence-electron chi connectivity index (χ2n) is 5.68. The van der Waals surface area contributed by atoms with Gasteiger partial charge in [0, 0.05) is 38.2 Å². The van der Waals surface area contributed by atoms with E-state index in [-0.39, 0.29) is 17.9 Å². The van der Waals surface area contributed by atoms with Gasteiger partial charge in [-0.2, -0.15) is 0 Å². The Morgan fingerprint density at radius 1 is 1.30 bits per heavy atom. The van der Waals surface area contributed by atoms with Crippen LogP contribution in [-0.2, 0) is 20.7 Å². The molecule has 0 spiro atoms. The zero-order valence-electron chi connectivity index (χ0n) is 13.4. The molecule has 5 nitrogen and oxygen atoms in total. The van der Waals surface area contributed by atoms with Gasteiger partial charge in [-0.1, -0.05) is 23.7 Å². The second-order valence-corrected chi connectivity index (χ2v) is 6.11. The van der Waals surface area contributed by atoms with Gasteiger partial charge in [-0.3, -0.25) is 9.59 Å². The zero-order chi connectivity index (χ0) is 16.7. The van der Waals surface area contributed by atoms with Crippen LogP contribution in [0.15, 0.2) is 24.3 Å². The maximum Gasteiger partial charge on any atom is 0.249 e. The summed E-state index contributed by atoms with van der Waals surface area (Å²) in [7, 11) is 0. The number of nitrogens with one attached hydrogen (secondary N) is 1. The lowest BCUT2D eigenvalue weighted by Crippen LogP contribution is -2.41. The Morgan fingerprint density at radius 2 is 2.04 bits per heavy atom. The minimum atomic E-state index is -0.324. The van der Waals surface area contributed by atoms with Gasteiger partial charge in [-0.25, -0.2) is 0 Å². The normalized spacial score (nSPS) is 17.0. The number of hydrogen-bond donors (Lipinski definition) is 1. The number of benzene rings is 1. The highest BCUT2D eigenvalue weighted by Gasteiger charge is 2.23. The monoisotopic (exact) mass is 338 g/mol. The van der Waals surface area contributed by atoms with E-state index in [0.29, 0.717) is 31.3 Å². The van der Waals surface area contributed by atoms with Gasteiger partial charge in [0.15, 0.2) is 0 Å². The molecule has 1 aromatic rings. The number of amides is 2. The summed E-state index contributed by atoms with van der Waals surface area (Å²) in [5.74, 6) is -0.0750. The van der Waals surface area contributed by atoms with Crippen molar-refractivity contribution in [2.75, 3.05) is 26.2 Å². The van der Waals surface area contributed by atoms with Crippen LogP contribution in [-0.4, -0.2) is 49.1 Å². The molecule has 1 aromatic carbocycles. The maximum absolute atomic E-state index is 11.9. The highest BCUT2D eigenvalue weighted by molar-refractivity contribution is 6.30. The number of ether oxygens (including phenoxy) is 1. The number of rotatable bonds is 7. The van der Waals surface area contributed by atoms with Gasteiger partial charge in [0.25, 0.3) is 0 Å². The van der Waals surface area contributed by atoms with Crippen LogP contribution >= 0.6 is 11.6 Å². The molecule has 6 heteroatoms. The highest BCUT2D eigenvalue weighted by Crippen LogP contribution is 2.12. The summed E-state index contributed by atoms with van der Waals surface area (Å²) in [6, 6.07) is 7.60. The summed E-state index contributed by atoms with van der Waals surface area (Å²) in [5.41, 5.74) is 1.13. The summed E-state index contributed by atoms with van der Waals surface area (Å²) in [4.78, 5) is 25.3. The SMILES string of the molecule is CC(=O)N(CCNC(=O)C1CCCO1)CCc1ccc(Cl)cc1. The van der Waals surface area contributed by atoms with Gasteiger partial charge in [-0.05, 0) is 37.0 Å². The molecule has 23 heavy (non-hydrogen) atoms. The number of hydrogen-bond acceptors (Lipinski definition) is 3. The molecule has 1 aliphatic rings. The molecule has 1 saturated heterocycles. The van der Waals surface area contributed by atoms with E-state index >= 15 is 0 Å². The summed E-state index contributed by atoms with van der Waals surface area (Å²) in [5, 5.41) is 3.54. The van der Waals surface area contributed by atoms with E-state index in [0.717, 1.165) is 24.8 Å². The van der Waals surface area contributed by atoms with Crippen molar-refractivity contribution in [3.8, 4) is 0 Å². The minimum absolute atomic E-state index is 0.00493. The lowest BCUT2D eigenvalue weighted by Gasteiger charge is -2.21. The van der Waals surface area contributed by atoms with E-state index in [1.165, 1.54) is 0 Å². The molecule has 126 valence electrons.